The molecule has 1 aromatic carbocycles. The van der Waals surface area contributed by atoms with Crippen molar-refractivity contribution in [3.63, 3.8) is 0 Å². The first kappa shape index (κ1) is 17.2. The van der Waals surface area contributed by atoms with E-state index in [0.29, 0.717) is 0 Å². The minimum absolute atomic E-state index is 0.0656. The summed E-state index contributed by atoms with van der Waals surface area (Å²) < 4.78 is 22.8. The highest BCUT2D eigenvalue weighted by atomic mass is 35.5. The lowest BCUT2D eigenvalue weighted by Crippen LogP contribution is -2.36. The van der Waals surface area contributed by atoms with Crippen molar-refractivity contribution in [1.82, 2.24) is 5.32 Å². The number of carbonyl (C=O) groups excluding carboxylic acids is 1. The monoisotopic (exact) mass is 338 g/mol. The van der Waals surface area contributed by atoms with Crippen molar-refractivity contribution < 1.29 is 13.2 Å². The minimum Gasteiger partial charge on any atom is -0.349 e. The van der Waals surface area contributed by atoms with Gasteiger partial charge < -0.3 is 5.32 Å². The summed E-state index contributed by atoms with van der Waals surface area (Å²) in [5.74, 6) is -0.329. The molecule has 1 unspecified atom stereocenters. The minimum atomic E-state index is -4.02. The fourth-order valence-electron chi connectivity index (χ4n) is 1.41. The largest absolute Gasteiger partial charge is 0.349 e. The smallest absolute Gasteiger partial charge is 0.254 e. The molecule has 5 nitrogen and oxygen atoms in total. The molecule has 0 fully saturated rings. The highest BCUT2D eigenvalue weighted by molar-refractivity contribution is 7.89. The zero-order valence-electron chi connectivity index (χ0n) is 11.3. The lowest BCUT2D eigenvalue weighted by Gasteiger charge is -2.18. The van der Waals surface area contributed by atoms with Crippen LogP contribution in [0, 0.1) is 5.92 Å². The molecule has 3 N–H and O–H groups in total. The molecule has 1 amide bonds. The summed E-state index contributed by atoms with van der Waals surface area (Å²) >= 11 is 11.9. The topological polar surface area (TPSA) is 89.3 Å². The van der Waals surface area contributed by atoms with Crippen LogP contribution >= 0.6 is 23.2 Å². The number of benzene rings is 1. The summed E-state index contributed by atoms with van der Waals surface area (Å²) in [4.78, 5) is 11.8. The second kappa shape index (κ2) is 6.30. The van der Waals surface area contributed by atoms with E-state index in [9.17, 15) is 13.2 Å². The number of rotatable bonds is 4. The molecule has 0 spiro atoms. The van der Waals surface area contributed by atoms with E-state index >= 15 is 0 Å². The number of hydrogen-bond acceptors (Lipinski definition) is 3. The molecule has 0 aromatic heterocycles. The molecule has 0 aliphatic rings. The molecule has 0 saturated carbocycles. The van der Waals surface area contributed by atoms with Gasteiger partial charge in [-0.2, -0.15) is 0 Å². The van der Waals surface area contributed by atoms with Crippen molar-refractivity contribution >= 4 is 39.1 Å². The van der Waals surface area contributed by atoms with Gasteiger partial charge in [-0.1, -0.05) is 37.0 Å². The second-order valence-corrected chi connectivity index (χ2v) is 7.10. The van der Waals surface area contributed by atoms with Crippen LogP contribution in [0.3, 0.4) is 0 Å². The Morgan fingerprint density at radius 3 is 2.25 bits per heavy atom. The van der Waals surface area contributed by atoms with Gasteiger partial charge in [0.1, 0.15) is 4.90 Å². The van der Waals surface area contributed by atoms with E-state index in [4.69, 9.17) is 28.3 Å². The van der Waals surface area contributed by atoms with Crippen LogP contribution in [-0.2, 0) is 10.0 Å². The first-order chi connectivity index (χ1) is 9.05. The molecule has 8 heteroatoms. The van der Waals surface area contributed by atoms with Crippen molar-refractivity contribution in [1.29, 1.82) is 0 Å². The van der Waals surface area contributed by atoms with Crippen LogP contribution in [0.5, 0.6) is 0 Å². The predicted molar refractivity (Wildman–Crippen MR) is 79.6 cm³/mol. The van der Waals surface area contributed by atoms with Crippen LogP contribution < -0.4 is 10.5 Å². The van der Waals surface area contributed by atoms with Gasteiger partial charge in [-0.3, -0.25) is 4.79 Å². The number of nitrogens with two attached hydrogens (primary N) is 1. The van der Waals surface area contributed by atoms with Gasteiger partial charge in [0.25, 0.3) is 5.91 Å². The normalized spacial score (nSPS) is 13.3. The van der Waals surface area contributed by atoms with Crippen molar-refractivity contribution in [2.45, 2.75) is 31.7 Å². The number of primary sulfonamides is 1. The van der Waals surface area contributed by atoms with E-state index in [0.717, 1.165) is 0 Å². The van der Waals surface area contributed by atoms with Crippen LogP contribution in [-0.4, -0.2) is 20.4 Å². The van der Waals surface area contributed by atoms with Gasteiger partial charge in [-0.15, -0.1) is 0 Å². The van der Waals surface area contributed by atoms with Crippen molar-refractivity contribution in [2.24, 2.45) is 11.1 Å². The van der Waals surface area contributed by atoms with Crippen molar-refractivity contribution in [3.8, 4) is 0 Å². The number of halogens is 2. The number of carbonyl (C=O) groups is 1. The summed E-state index contributed by atoms with van der Waals surface area (Å²) in [6.45, 7) is 5.71. The van der Waals surface area contributed by atoms with E-state index in [-0.39, 0.29) is 32.5 Å². The summed E-state index contributed by atoms with van der Waals surface area (Å²) in [7, 11) is -4.02. The Balaban J connectivity index is 3.28. The van der Waals surface area contributed by atoms with Gasteiger partial charge in [0, 0.05) is 6.04 Å². The van der Waals surface area contributed by atoms with Gasteiger partial charge in [0.05, 0.1) is 15.6 Å². The van der Waals surface area contributed by atoms with Crippen LogP contribution in [0.25, 0.3) is 0 Å². The molecule has 0 aliphatic carbocycles. The van der Waals surface area contributed by atoms with Crippen LogP contribution in [0.2, 0.25) is 10.0 Å². The molecule has 1 aromatic rings. The Morgan fingerprint density at radius 1 is 1.25 bits per heavy atom. The Hall–Kier alpha value is -0.820. The maximum absolute atomic E-state index is 12.2. The third-order valence-corrected chi connectivity index (χ3v) is 4.72. The molecule has 1 atom stereocenters. The first-order valence-electron chi connectivity index (χ1n) is 5.87. The lowest BCUT2D eigenvalue weighted by molar-refractivity contribution is 0.0930. The average Bonchev–Trinajstić information content (AvgIpc) is 2.26. The quantitative estimate of drug-likeness (QED) is 0.883. The molecule has 1 rings (SSSR count). The molecule has 20 heavy (non-hydrogen) atoms. The highest BCUT2D eigenvalue weighted by Crippen LogP contribution is 2.30. The number of nitrogens with one attached hydrogen (secondary N) is 1. The van der Waals surface area contributed by atoms with Crippen molar-refractivity contribution in [2.75, 3.05) is 0 Å². The van der Waals surface area contributed by atoms with Crippen LogP contribution in [0.4, 0.5) is 0 Å². The highest BCUT2D eigenvalue weighted by Gasteiger charge is 2.24. The third-order valence-electron chi connectivity index (χ3n) is 2.95. The Labute approximate surface area is 128 Å². The molecule has 0 saturated heterocycles. The first-order valence-corrected chi connectivity index (χ1v) is 8.17. The Bertz CT molecular complexity index is 630. The Kier molecular flexibility index (Phi) is 5.43. The lowest BCUT2D eigenvalue weighted by atomic mass is 10.1. The zero-order chi connectivity index (χ0) is 15.7. The molecule has 0 radical (unpaired) electrons. The Morgan fingerprint density at radius 2 is 1.80 bits per heavy atom. The van der Waals surface area contributed by atoms with Gasteiger partial charge in [-0.05, 0) is 25.0 Å². The van der Waals surface area contributed by atoms with Gasteiger partial charge in [0.15, 0.2) is 0 Å². The molecular weight excluding hydrogens is 323 g/mol. The summed E-state index contributed by atoms with van der Waals surface area (Å²) in [5, 5.41) is 7.55. The SMILES string of the molecule is CC(C)C(C)NC(=O)c1c(Cl)ccc(S(N)(=O)=O)c1Cl. The number of amides is 1. The molecule has 0 aliphatic heterocycles. The van der Waals surface area contributed by atoms with Gasteiger partial charge >= 0.3 is 0 Å². The third kappa shape index (κ3) is 3.85. The van der Waals surface area contributed by atoms with Gasteiger partial charge in [0.2, 0.25) is 10.0 Å². The molecular formula is C12H16Cl2N2O3S. The van der Waals surface area contributed by atoms with E-state index in [2.05, 4.69) is 5.32 Å². The maximum atomic E-state index is 12.2. The summed E-state index contributed by atoms with van der Waals surface area (Å²) in [6.07, 6.45) is 0. The fraction of sp³-hybridized carbons (Fsp3) is 0.417. The van der Waals surface area contributed by atoms with E-state index in [1.54, 1.807) is 0 Å². The average molecular weight is 339 g/mol. The molecule has 112 valence electrons. The summed E-state index contributed by atoms with van der Waals surface area (Å²) in [6, 6.07) is 2.33. The molecule has 0 bridgehead atoms. The summed E-state index contributed by atoms with van der Waals surface area (Å²) in [5.41, 5.74) is -0.0904. The number of hydrogen-bond donors (Lipinski definition) is 2. The standard InChI is InChI=1S/C12H16Cl2N2O3S/c1-6(2)7(3)16-12(17)10-8(13)4-5-9(11(10)14)20(15,18)19/h4-7H,1-3H3,(H,16,17)(H2,15,18,19). The van der Waals surface area contributed by atoms with Crippen LogP contribution in [0.1, 0.15) is 31.1 Å². The molecule has 0 heterocycles. The predicted octanol–water partition coefficient (Wildman–Crippen LogP) is 2.42. The van der Waals surface area contributed by atoms with E-state index in [1.165, 1.54) is 12.1 Å². The van der Waals surface area contributed by atoms with Crippen molar-refractivity contribution in [3.05, 3.63) is 27.7 Å². The van der Waals surface area contributed by atoms with Crippen LogP contribution in [0.15, 0.2) is 17.0 Å². The number of sulfonamides is 1. The van der Waals surface area contributed by atoms with Gasteiger partial charge in [-0.25, -0.2) is 13.6 Å². The maximum Gasteiger partial charge on any atom is 0.254 e. The van der Waals surface area contributed by atoms with E-state index < -0.39 is 15.9 Å². The van der Waals surface area contributed by atoms with E-state index in [1.807, 2.05) is 20.8 Å². The second-order valence-electron chi connectivity index (χ2n) is 4.79. The zero-order valence-corrected chi connectivity index (χ0v) is 13.6. The fourth-order valence-corrected chi connectivity index (χ4v) is 2.88.